The van der Waals surface area contributed by atoms with Crippen molar-refractivity contribution in [3.05, 3.63) is 29.8 Å². The molecule has 92 valence electrons. The number of nitrogens with one attached hydrogen (secondary N) is 2. The Morgan fingerprint density at radius 1 is 1.28 bits per heavy atom. The van der Waals surface area contributed by atoms with Crippen LogP contribution in [0.5, 0.6) is 0 Å². The number of anilines is 1. The van der Waals surface area contributed by atoms with Crippen LogP contribution >= 0.6 is 0 Å². The second-order valence-electron chi connectivity index (χ2n) is 4.23. The average Bonchev–Trinajstić information content (AvgIpc) is 3.21. The normalized spacial score (nSPS) is 13.5. The number of hydrogen-bond donors (Lipinski definition) is 2. The van der Waals surface area contributed by atoms with Crippen LogP contribution in [-0.2, 0) is 9.59 Å². The highest BCUT2D eigenvalue weighted by atomic mass is 16.2. The van der Waals surface area contributed by atoms with E-state index in [0.29, 0.717) is 11.3 Å². The summed E-state index contributed by atoms with van der Waals surface area (Å²) in [6.45, 7) is -0.0185. The summed E-state index contributed by atoms with van der Waals surface area (Å²) >= 11 is 0. The van der Waals surface area contributed by atoms with Gasteiger partial charge in [-0.25, -0.2) is 0 Å². The van der Waals surface area contributed by atoms with Gasteiger partial charge in [-0.3, -0.25) is 9.59 Å². The summed E-state index contributed by atoms with van der Waals surface area (Å²) in [4.78, 5) is 22.8. The number of benzene rings is 1. The van der Waals surface area contributed by atoms with Gasteiger partial charge < -0.3 is 10.6 Å². The van der Waals surface area contributed by atoms with E-state index in [-0.39, 0.29) is 24.3 Å². The fourth-order valence-electron chi connectivity index (χ4n) is 1.49. The lowest BCUT2D eigenvalue weighted by Gasteiger charge is -2.06. The molecule has 2 N–H and O–H groups in total. The van der Waals surface area contributed by atoms with Crippen molar-refractivity contribution in [2.24, 2.45) is 5.92 Å². The highest BCUT2D eigenvalue weighted by Gasteiger charge is 2.29. The minimum atomic E-state index is -0.270. The smallest absolute Gasteiger partial charge is 0.243 e. The fourth-order valence-corrected chi connectivity index (χ4v) is 1.49. The van der Waals surface area contributed by atoms with Crippen molar-refractivity contribution in [2.75, 3.05) is 11.9 Å². The minimum absolute atomic E-state index is 0.0185. The molecule has 0 heterocycles. The third-order valence-corrected chi connectivity index (χ3v) is 2.67. The molecular weight excluding hydrogens is 230 g/mol. The zero-order valence-electron chi connectivity index (χ0n) is 9.77. The highest BCUT2D eigenvalue weighted by Crippen LogP contribution is 2.28. The first-order chi connectivity index (χ1) is 8.69. The number of hydrogen-bond acceptors (Lipinski definition) is 3. The van der Waals surface area contributed by atoms with Crippen LogP contribution in [0.25, 0.3) is 0 Å². The Hall–Kier alpha value is -2.35. The van der Waals surface area contributed by atoms with Crippen LogP contribution in [0.15, 0.2) is 24.3 Å². The first kappa shape index (κ1) is 12.1. The standard InChI is InChI=1S/C13H13N3O2/c14-7-9-1-5-11(6-2-9)16-12(17)8-15-13(18)10-3-4-10/h1-2,5-6,10H,3-4,8H2,(H,15,18)(H,16,17). The maximum Gasteiger partial charge on any atom is 0.243 e. The van der Waals surface area contributed by atoms with E-state index in [0.717, 1.165) is 12.8 Å². The van der Waals surface area contributed by atoms with Crippen LogP contribution in [0.1, 0.15) is 18.4 Å². The maximum atomic E-state index is 11.5. The van der Waals surface area contributed by atoms with Gasteiger partial charge in [0.05, 0.1) is 18.2 Å². The van der Waals surface area contributed by atoms with Gasteiger partial charge in [-0.05, 0) is 37.1 Å². The lowest BCUT2D eigenvalue weighted by atomic mass is 10.2. The number of rotatable bonds is 4. The molecular formula is C13H13N3O2. The topological polar surface area (TPSA) is 82.0 Å². The summed E-state index contributed by atoms with van der Waals surface area (Å²) < 4.78 is 0. The quantitative estimate of drug-likeness (QED) is 0.828. The molecule has 5 heteroatoms. The van der Waals surface area contributed by atoms with E-state index >= 15 is 0 Å². The Morgan fingerprint density at radius 2 is 1.94 bits per heavy atom. The molecule has 5 nitrogen and oxygen atoms in total. The third kappa shape index (κ3) is 3.32. The predicted octanol–water partition coefficient (Wildman–Crippen LogP) is 1.02. The second kappa shape index (κ2) is 5.32. The third-order valence-electron chi connectivity index (χ3n) is 2.67. The molecule has 18 heavy (non-hydrogen) atoms. The van der Waals surface area contributed by atoms with E-state index in [9.17, 15) is 9.59 Å². The Balaban J connectivity index is 1.79. The van der Waals surface area contributed by atoms with Gasteiger partial charge in [0.2, 0.25) is 11.8 Å². The van der Waals surface area contributed by atoms with Crippen molar-refractivity contribution >= 4 is 17.5 Å². The molecule has 1 aromatic rings. The molecule has 1 aromatic carbocycles. The molecule has 0 spiro atoms. The van der Waals surface area contributed by atoms with Crippen LogP contribution in [0.4, 0.5) is 5.69 Å². The lowest BCUT2D eigenvalue weighted by molar-refractivity contribution is -0.125. The second-order valence-corrected chi connectivity index (χ2v) is 4.23. The Morgan fingerprint density at radius 3 is 2.50 bits per heavy atom. The molecule has 0 radical (unpaired) electrons. The van der Waals surface area contributed by atoms with E-state index < -0.39 is 0 Å². The van der Waals surface area contributed by atoms with E-state index in [1.807, 2.05) is 6.07 Å². The van der Waals surface area contributed by atoms with Crippen LogP contribution < -0.4 is 10.6 Å². The van der Waals surface area contributed by atoms with Gasteiger partial charge >= 0.3 is 0 Å². The molecule has 0 aromatic heterocycles. The average molecular weight is 243 g/mol. The molecule has 2 amide bonds. The molecule has 1 aliphatic rings. The monoisotopic (exact) mass is 243 g/mol. The van der Waals surface area contributed by atoms with E-state index in [2.05, 4.69) is 10.6 Å². The van der Waals surface area contributed by atoms with Crippen molar-refractivity contribution in [1.82, 2.24) is 5.32 Å². The van der Waals surface area contributed by atoms with Gasteiger partial charge in [0.1, 0.15) is 0 Å². The maximum absolute atomic E-state index is 11.5. The first-order valence-electron chi connectivity index (χ1n) is 5.77. The lowest BCUT2D eigenvalue weighted by Crippen LogP contribution is -2.33. The zero-order chi connectivity index (χ0) is 13.0. The molecule has 1 aliphatic carbocycles. The molecule has 0 unspecified atom stereocenters. The Bertz CT molecular complexity index is 498. The number of carbonyl (C=O) groups is 2. The van der Waals surface area contributed by atoms with E-state index in [1.54, 1.807) is 24.3 Å². The molecule has 1 saturated carbocycles. The summed E-state index contributed by atoms with van der Waals surface area (Å²) in [6.07, 6.45) is 1.84. The summed E-state index contributed by atoms with van der Waals surface area (Å²) in [7, 11) is 0. The zero-order valence-corrected chi connectivity index (χ0v) is 9.77. The van der Waals surface area contributed by atoms with E-state index in [1.165, 1.54) is 0 Å². The SMILES string of the molecule is N#Cc1ccc(NC(=O)CNC(=O)C2CC2)cc1. The fraction of sp³-hybridized carbons (Fsp3) is 0.308. The number of nitrogens with zero attached hydrogens (tertiary/aromatic N) is 1. The number of carbonyl (C=O) groups excluding carboxylic acids is 2. The van der Waals surface area contributed by atoms with Crippen LogP contribution in [0, 0.1) is 17.2 Å². The van der Waals surface area contributed by atoms with Gasteiger partial charge in [-0.15, -0.1) is 0 Å². The van der Waals surface area contributed by atoms with Gasteiger partial charge in [-0.1, -0.05) is 0 Å². The minimum Gasteiger partial charge on any atom is -0.347 e. The number of nitriles is 1. The van der Waals surface area contributed by atoms with Crippen molar-refractivity contribution in [3.8, 4) is 6.07 Å². The molecule has 2 rings (SSSR count). The number of amides is 2. The van der Waals surface area contributed by atoms with Crippen LogP contribution in [-0.4, -0.2) is 18.4 Å². The van der Waals surface area contributed by atoms with Crippen molar-refractivity contribution in [3.63, 3.8) is 0 Å². The molecule has 0 aliphatic heterocycles. The Kier molecular flexibility index (Phi) is 3.58. The van der Waals surface area contributed by atoms with Gasteiger partial charge in [0.15, 0.2) is 0 Å². The highest BCUT2D eigenvalue weighted by molar-refractivity contribution is 5.95. The van der Waals surface area contributed by atoms with Gasteiger partial charge in [0, 0.05) is 11.6 Å². The summed E-state index contributed by atoms with van der Waals surface area (Å²) in [5.41, 5.74) is 1.15. The summed E-state index contributed by atoms with van der Waals surface area (Å²) in [5, 5.41) is 13.9. The van der Waals surface area contributed by atoms with Crippen LogP contribution in [0.3, 0.4) is 0 Å². The summed E-state index contributed by atoms with van der Waals surface area (Å²) in [5.74, 6) is -0.216. The van der Waals surface area contributed by atoms with Crippen molar-refractivity contribution in [2.45, 2.75) is 12.8 Å². The predicted molar refractivity (Wildman–Crippen MR) is 65.5 cm³/mol. The van der Waals surface area contributed by atoms with E-state index in [4.69, 9.17) is 5.26 Å². The molecule has 0 saturated heterocycles. The van der Waals surface area contributed by atoms with Gasteiger partial charge in [0.25, 0.3) is 0 Å². The van der Waals surface area contributed by atoms with Crippen molar-refractivity contribution < 1.29 is 9.59 Å². The summed E-state index contributed by atoms with van der Waals surface area (Å²) in [6, 6.07) is 8.55. The molecule has 0 bridgehead atoms. The first-order valence-corrected chi connectivity index (χ1v) is 5.77. The molecule has 1 fully saturated rings. The van der Waals surface area contributed by atoms with Crippen LogP contribution in [0.2, 0.25) is 0 Å². The largest absolute Gasteiger partial charge is 0.347 e. The Labute approximate surface area is 105 Å². The molecule has 0 atom stereocenters. The van der Waals surface area contributed by atoms with Crippen molar-refractivity contribution in [1.29, 1.82) is 5.26 Å². The van der Waals surface area contributed by atoms with Gasteiger partial charge in [-0.2, -0.15) is 5.26 Å².